The first-order chi connectivity index (χ1) is 11.7. The molecule has 0 saturated heterocycles. The van der Waals surface area contributed by atoms with Crippen LogP contribution >= 0.6 is 0 Å². The molecule has 0 aliphatic heterocycles. The van der Waals surface area contributed by atoms with Crippen molar-refractivity contribution in [3.05, 3.63) is 69.1 Å². The summed E-state index contributed by atoms with van der Waals surface area (Å²) in [5.74, 6) is 0. The summed E-state index contributed by atoms with van der Waals surface area (Å²) < 4.78 is 23.0. The molecule has 0 saturated carbocycles. The monoisotopic (exact) mass is 357 g/mol. The topological polar surface area (TPSA) is 104 Å². The molecule has 0 N–H and O–H groups in total. The number of hydrogen-bond acceptors (Lipinski definition) is 6. The van der Waals surface area contributed by atoms with Crippen LogP contribution in [-0.2, 0) is 9.84 Å². The van der Waals surface area contributed by atoms with Crippen molar-refractivity contribution in [2.45, 2.75) is 0 Å². The first-order valence-electron chi connectivity index (χ1n) is 7.13. The number of nitro benzene ring substituents is 1. The molecule has 8 heteroatoms. The van der Waals surface area contributed by atoms with Gasteiger partial charge in [-0.15, -0.1) is 0 Å². The van der Waals surface area contributed by atoms with Gasteiger partial charge in [-0.2, -0.15) is 5.26 Å². The number of anilines is 2. The average Bonchev–Trinajstić information content (AvgIpc) is 2.58. The van der Waals surface area contributed by atoms with Crippen LogP contribution in [0, 0.1) is 21.4 Å². The van der Waals surface area contributed by atoms with E-state index in [-0.39, 0.29) is 11.3 Å². The van der Waals surface area contributed by atoms with E-state index in [9.17, 15) is 18.5 Å². The molecule has 0 spiro atoms. The lowest BCUT2D eigenvalue weighted by Crippen LogP contribution is -2.11. The van der Waals surface area contributed by atoms with Crippen LogP contribution in [0.5, 0.6) is 0 Å². The van der Waals surface area contributed by atoms with Gasteiger partial charge in [0.25, 0.3) is 5.69 Å². The zero-order chi connectivity index (χ0) is 18.6. The SMILES string of the molecule is CN(c1ccccc1)c1ccc(/C=C(\C#N)S(C)(=O)=O)cc1[N+](=O)[O-]. The highest BCUT2D eigenvalue weighted by molar-refractivity contribution is 7.95. The predicted octanol–water partition coefficient (Wildman–Crippen LogP) is 3.27. The Morgan fingerprint density at radius 3 is 2.40 bits per heavy atom. The van der Waals surface area contributed by atoms with Gasteiger partial charge in [-0.25, -0.2) is 8.42 Å². The highest BCUT2D eigenvalue weighted by atomic mass is 32.2. The molecular formula is C17H15N3O4S. The zero-order valence-corrected chi connectivity index (χ0v) is 14.4. The van der Waals surface area contributed by atoms with Crippen LogP contribution in [0.25, 0.3) is 6.08 Å². The molecule has 0 fully saturated rings. The summed E-state index contributed by atoms with van der Waals surface area (Å²) in [6, 6.07) is 15.0. The molecule has 0 atom stereocenters. The van der Waals surface area contributed by atoms with Crippen LogP contribution in [-0.4, -0.2) is 26.6 Å². The third-order valence-corrected chi connectivity index (χ3v) is 4.52. The zero-order valence-electron chi connectivity index (χ0n) is 13.6. The second kappa shape index (κ2) is 7.15. The van der Waals surface area contributed by atoms with Gasteiger partial charge in [0.05, 0.1) is 4.92 Å². The fraction of sp³-hybridized carbons (Fsp3) is 0.118. The van der Waals surface area contributed by atoms with Gasteiger partial charge >= 0.3 is 0 Å². The van der Waals surface area contributed by atoms with Crippen LogP contribution in [0.15, 0.2) is 53.4 Å². The highest BCUT2D eigenvalue weighted by Gasteiger charge is 2.19. The van der Waals surface area contributed by atoms with Gasteiger partial charge in [-0.05, 0) is 29.8 Å². The molecule has 2 aromatic carbocycles. The standard InChI is InChI=1S/C17H15N3O4S/c1-19(14-6-4-3-5-7-14)16-9-8-13(11-17(16)20(21)22)10-15(12-18)25(2,23)24/h3-11H,1-2H3/b15-10+. The molecule has 0 bridgehead atoms. The van der Waals surface area contributed by atoms with E-state index in [0.29, 0.717) is 5.69 Å². The molecule has 128 valence electrons. The van der Waals surface area contributed by atoms with E-state index in [1.165, 1.54) is 18.2 Å². The van der Waals surface area contributed by atoms with Gasteiger partial charge in [-0.1, -0.05) is 24.3 Å². The fourth-order valence-electron chi connectivity index (χ4n) is 2.22. The highest BCUT2D eigenvalue weighted by Crippen LogP contribution is 2.33. The van der Waals surface area contributed by atoms with E-state index >= 15 is 0 Å². The van der Waals surface area contributed by atoms with Crippen LogP contribution in [0.1, 0.15) is 5.56 Å². The first kappa shape index (κ1) is 18.2. The Kier molecular flexibility index (Phi) is 5.20. The lowest BCUT2D eigenvalue weighted by Gasteiger charge is -2.19. The van der Waals surface area contributed by atoms with Gasteiger partial charge in [0.1, 0.15) is 16.7 Å². The predicted molar refractivity (Wildman–Crippen MR) is 96.0 cm³/mol. The van der Waals surface area contributed by atoms with Crippen LogP contribution < -0.4 is 4.90 Å². The molecule has 2 rings (SSSR count). The molecule has 0 radical (unpaired) electrons. The Hall–Kier alpha value is -3.18. The van der Waals surface area contributed by atoms with E-state index < -0.39 is 19.7 Å². The van der Waals surface area contributed by atoms with Gasteiger partial charge in [0, 0.05) is 25.1 Å². The maximum absolute atomic E-state index is 11.5. The summed E-state index contributed by atoms with van der Waals surface area (Å²) in [6.07, 6.45) is 2.03. The Labute approximate surface area is 145 Å². The Morgan fingerprint density at radius 1 is 1.24 bits per heavy atom. The summed E-state index contributed by atoms with van der Waals surface area (Å²) in [7, 11) is -2.00. The lowest BCUT2D eigenvalue weighted by molar-refractivity contribution is -0.384. The molecule has 0 aromatic heterocycles. The van der Waals surface area contributed by atoms with Crippen LogP contribution in [0.4, 0.5) is 17.1 Å². The third-order valence-electron chi connectivity index (χ3n) is 3.51. The fourth-order valence-corrected chi connectivity index (χ4v) is 2.74. The van der Waals surface area contributed by atoms with Crippen molar-refractivity contribution in [3.8, 4) is 6.07 Å². The van der Waals surface area contributed by atoms with Crippen molar-refractivity contribution < 1.29 is 13.3 Å². The molecule has 0 heterocycles. The van der Waals surface area contributed by atoms with Gasteiger partial charge < -0.3 is 4.90 Å². The minimum atomic E-state index is -3.70. The molecule has 0 unspecified atom stereocenters. The van der Waals surface area contributed by atoms with E-state index in [0.717, 1.165) is 18.0 Å². The van der Waals surface area contributed by atoms with Gasteiger partial charge in [0.15, 0.2) is 9.84 Å². The van der Waals surface area contributed by atoms with Crippen LogP contribution in [0.2, 0.25) is 0 Å². The molecule has 0 aliphatic carbocycles. The largest absolute Gasteiger partial charge is 0.339 e. The third kappa shape index (κ3) is 4.22. The van der Waals surface area contributed by atoms with Crippen LogP contribution in [0.3, 0.4) is 0 Å². The first-order valence-corrected chi connectivity index (χ1v) is 9.02. The van der Waals surface area contributed by atoms with E-state index in [1.807, 2.05) is 30.3 Å². The average molecular weight is 357 g/mol. The Bertz CT molecular complexity index is 977. The maximum atomic E-state index is 11.5. The van der Waals surface area contributed by atoms with E-state index in [4.69, 9.17) is 5.26 Å². The lowest BCUT2D eigenvalue weighted by atomic mass is 10.1. The van der Waals surface area contributed by atoms with Crippen molar-refractivity contribution in [3.63, 3.8) is 0 Å². The number of benzene rings is 2. The number of hydrogen-bond donors (Lipinski definition) is 0. The van der Waals surface area contributed by atoms with Crippen molar-refractivity contribution in [2.75, 3.05) is 18.2 Å². The Morgan fingerprint density at radius 2 is 1.88 bits per heavy atom. The summed E-state index contributed by atoms with van der Waals surface area (Å²) in [5, 5.41) is 20.4. The molecule has 7 nitrogen and oxygen atoms in total. The van der Waals surface area contributed by atoms with Crippen molar-refractivity contribution in [1.82, 2.24) is 0 Å². The smallest absolute Gasteiger partial charge is 0.293 e. The molecule has 25 heavy (non-hydrogen) atoms. The normalized spacial score (nSPS) is 11.6. The van der Waals surface area contributed by atoms with Crippen molar-refractivity contribution in [1.29, 1.82) is 5.26 Å². The van der Waals surface area contributed by atoms with Crippen molar-refractivity contribution >= 4 is 33.0 Å². The maximum Gasteiger partial charge on any atom is 0.293 e. The minimum absolute atomic E-state index is 0.189. The van der Waals surface area contributed by atoms with Gasteiger partial charge in [-0.3, -0.25) is 10.1 Å². The number of nitro groups is 1. The van der Waals surface area contributed by atoms with Crippen molar-refractivity contribution in [2.24, 2.45) is 0 Å². The molecular weight excluding hydrogens is 342 g/mol. The second-order valence-electron chi connectivity index (χ2n) is 5.29. The summed E-state index contributed by atoms with van der Waals surface area (Å²) in [4.78, 5) is 12.1. The molecule has 0 amide bonds. The number of sulfone groups is 1. The number of para-hydroxylation sites is 1. The summed E-state index contributed by atoms with van der Waals surface area (Å²) in [6.45, 7) is 0. The number of nitrogens with zero attached hydrogens (tertiary/aromatic N) is 3. The summed E-state index contributed by atoms with van der Waals surface area (Å²) in [5.41, 5.74) is 1.19. The number of rotatable bonds is 5. The quantitative estimate of drug-likeness (QED) is 0.462. The minimum Gasteiger partial charge on any atom is -0.339 e. The number of allylic oxidation sites excluding steroid dienone is 1. The number of nitriles is 1. The van der Waals surface area contributed by atoms with E-state index in [2.05, 4.69) is 0 Å². The second-order valence-corrected chi connectivity index (χ2v) is 7.28. The summed E-state index contributed by atoms with van der Waals surface area (Å²) >= 11 is 0. The van der Waals surface area contributed by atoms with Gasteiger partial charge in [0.2, 0.25) is 0 Å². The Balaban J connectivity index is 2.55. The van der Waals surface area contributed by atoms with E-state index in [1.54, 1.807) is 18.0 Å². The molecule has 2 aromatic rings. The molecule has 0 aliphatic rings.